The van der Waals surface area contributed by atoms with Crippen LogP contribution >= 0.6 is 0 Å². The van der Waals surface area contributed by atoms with Gasteiger partial charge in [0.15, 0.2) is 0 Å². The summed E-state index contributed by atoms with van der Waals surface area (Å²) < 4.78 is 0. The zero-order chi connectivity index (χ0) is 27.5. The first-order valence-corrected chi connectivity index (χ1v) is 14.6. The summed E-state index contributed by atoms with van der Waals surface area (Å²) in [7, 11) is 0. The second-order valence-corrected chi connectivity index (χ2v) is 11.6. The lowest BCUT2D eigenvalue weighted by Gasteiger charge is -2.52. The molecule has 5 rings (SSSR count). The highest BCUT2D eigenvalue weighted by molar-refractivity contribution is 6.21. The highest BCUT2D eigenvalue weighted by atomic mass is 16.3. The minimum Gasteiger partial charge on any atom is -0.390 e. The molecule has 6 atom stereocenters. The molecule has 2 aromatic rings. The van der Waals surface area contributed by atoms with Gasteiger partial charge < -0.3 is 10.8 Å². The quantitative estimate of drug-likeness (QED) is 0.448. The number of hydrogen-bond acceptors (Lipinski definition) is 5. The van der Waals surface area contributed by atoms with Gasteiger partial charge in [-0.15, -0.1) is 0 Å². The van der Waals surface area contributed by atoms with Crippen LogP contribution in [0.4, 0.5) is 0 Å². The molecule has 2 aromatic carbocycles. The highest BCUT2D eigenvalue weighted by Crippen LogP contribution is 2.44. The van der Waals surface area contributed by atoms with Crippen LogP contribution in [0.2, 0.25) is 0 Å². The van der Waals surface area contributed by atoms with Crippen molar-refractivity contribution in [3.05, 3.63) is 71.3 Å². The summed E-state index contributed by atoms with van der Waals surface area (Å²) in [5, 5.41) is 11.9. The number of aliphatic hydroxyl groups is 1. The number of nitrogens with zero attached hydrogens (tertiary/aromatic N) is 2. The minimum absolute atomic E-state index is 0.149. The number of rotatable bonds is 10. The first-order chi connectivity index (χ1) is 18.9. The molecule has 2 heterocycles. The van der Waals surface area contributed by atoms with E-state index in [4.69, 9.17) is 5.73 Å². The topological polar surface area (TPSA) is 104 Å². The third-order valence-electron chi connectivity index (χ3n) is 9.28. The molecule has 0 bridgehead atoms. The van der Waals surface area contributed by atoms with E-state index in [0.29, 0.717) is 35.8 Å². The van der Waals surface area contributed by atoms with Crippen LogP contribution in [0.5, 0.6) is 0 Å². The Hall–Kier alpha value is -3.03. The molecule has 1 aliphatic carbocycles. The van der Waals surface area contributed by atoms with Crippen LogP contribution in [0.15, 0.2) is 54.6 Å². The van der Waals surface area contributed by atoms with Crippen molar-refractivity contribution in [2.24, 2.45) is 17.6 Å². The summed E-state index contributed by atoms with van der Waals surface area (Å²) in [4.78, 5) is 43.2. The Balaban J connectivity index is 1.47. The maximum Gasteiger partial charge on any atom is 0.261 e. The van der Waals surface area contributed by atoms with Crippen molar-refractivity contribution in [1.29, 1.82) is 0 Å². The van der Waals surface area contributed by atoms with E-state index >= 15 is 0 Å². The molecule has 3 amide bonds. The third kappa shape index (κ3) is 5.52. The van der Waals surface area contributed by atoms with Gasteiger partial charge in [-0.3, -0.25) is 24.2 Å². The van der Waals surface area contributed by atoms with Crippen molar-refractivity contribution in [3.8, 4) is 0 Å². The largest absolute Gasteiger partial charge is 0.390 e. The maximum absolute atomic E-state index is 13.5. The van der Waals surface area contributed by atoms with Crippen molar-refractivity contribution in [1.82, 2.24) is 9.80 Å². The van der Waals surface area contributed by atoms with Crippen LogP contribution in [0.1, 0.15) is 84.6 Å². The molecular formula is C32H41N3O4. The minimum atomic E-state index is -1.04. The second kappa shape index (κ2) is 12.0. The van der Waals surface area contributed by atoms with Crippen molar-refractivity contribution < 1.29 is 19.5 Å². The van der Waals surface area contributed by atoms with Gasteiger partial charge in [-0.25, -0.2) is 0 Å². The van der Waals surface area contributed by atoms with E-state index in [1.165, 1.54) is 17.7 Å². The predicted molar refractivity (Wildman–Crippen MR) is 150 cm³/mol. The number of fused-ring (bicyclic) bond motifs is 2. The Morgan fingerprint density at radius 1 is 1.00 bits per heavy atom. The number of primary amides is 1. The van der Waals surface area contributed by atoms with Crippen molar-refractivity contribution in [2.45, 2.75) is 88.9 Å². The number of benzene rings is 2. The highest BCUT2D eigenvalue weighted by Gasteiger charge is 2.48. The number of likely N-dealkylation sites (tertiary alicyclic amines) is 1. The standard InChI is InChI=1S/C32H41N3O4/c1-2-3-17-26-23-14-8-7-13-22(23)19-28(30(33)37)34(26)20-29(36)27(18-21-11-5-4-6-12-21)35-31(38)24-15-9-10-16-25(24)32(35)39/h4-6,9-12,15-16,22-23,26-29,36H,2-3,7-8,13-14,17-20H2,1H3,(H2,33,37)/t22-,23-,26?,27-,28-,29+/m0/s1. The van der Waals surface area contributed by atoms with Gasteiger partial charge in [-0.1, -0.05) is 81.5 Å². The summed E-state index contributed by atoms with van der Waals surface area (Å²) in [5.74, 6) is -0.165. The Kier molecular flexibility index (Phi) is 8.48. The lowest BCUT2D eigenvalue weighted by atomic mass is 9.67. The van der Waals surface area contributed by atoms with Gasteiger partial charge in [0.25, 0.3) is 11.8 Å². The molecular weight excluding hydrogens is 490 g/mol. The van der Waals surface area contributed by atoms with E-state index < -0.39 is 18.2 Å². The fourth-order valence-corrected chi connectivity index (χ4v) is 7.37. The van der Waals surface area contributed by atoms with Crippen LogP contribution in [0.25, 0.3) is 0 Å². The van der Waals surface area contributed by atoms with E-state index in [1.807, 2.05) is 30.3 Å². The molecule has 1 saturated heterocycles. The Bertz CT molecular complexity index is 1150. The molecule has 39 heavy (non-hydrogen) atoms. The SMILES string of the molecule is CCCCC1[C@H]2CCCC[C@H]2C[C@@H](C(N)=O)N1C[C@@H](O)[C@H](Cc1ccccc1)N1C(=O)c2ccccc2C1=O. The summed E-state index contributed by atoms with van der Waals surface area (Å²) >= 11 is 0. The summed E-state index contributed by atoms with van der Waals surface area (Å²) in [6.07, 6.45) is 7.67. The summed E-state index contributed by atoms with van der Waals surface area (Å²) in [6, 6.07) is 15.4. The number of unbranched alkanes of at least 4 members (excludes halogenated alkanes) is 1. The van der Waals surface area contributed by atoms with Crippen molar-refractivity contribution >= 4 is 17.7 Å². The normalized spacial score (nSPS) is 26.7. The number of β-amino-alcohol motifs (C(OH)–C–C–N with tert-alkyl or cyclic N) is 1. The van der Waals surface area contributed by atoms with E-state index in [2.05, 4.69) is 11.8 Å². The third-order valence-corrected chi connectivity index (χ3v) is 9.28. The van der Waals surface area contributed by atoms with Gasteiger partial charge in [-0.2, -0.15) is 0 Å². The molecule has 7 heteroatoms. The number of hydrogen-bond donors (Lipinski definition) is 2. The van der Waals surface area contributed by atoms with Gasteiger partial charge in [-0.05, 0) is 55.2 Å². The van der Waals surface area contributed by atoms with Crippen LogP contribution < -0.4 is 5.73 Å². The molecule has 0 spiro atoms. The molecule has 2 fully saturated rings. The number of imide groups is 1. The van der Waals surface area contributed by atoms with Crippen molar-refractivity contribution in [3.63, 3.8) is 0 Å². The lowest BCUT2D eigenvalue weighted by Crippen LogP contribution is -2.62. The average Bonchev–Trinajstić information content (AvgIpc) is 3.20. The van der Waals surface area contributed by atoms with E-state index in [1.54, 1.807) is 24.3 Å². The molecule has 3 aliphatic rings. The smallest absolute Gasteiger partial charge is 0.261 e. The molecule has 208 valence electrons. The van der Waals surface area contributed by atoms with Crippen LogP contribution in [0.3, 0.4) is 0 Å². The van der Waals surface area contributed by atoms with E-state index in [0.717, 1.165) is 37.7 Å². The maximum atomic E-state index is 13.5. The number of piperidine rings is 1. The Labute approximate surface area is 231 Å². The molecule has 0 radical (unpaired) electrons. The summed E-state index contributed by atoms with van der Waals surface area (Å²) in [5.41, 5.74) is 7.65. The number of carbonyl (C=O) groups excluding carboxylic acids is 3. The van der Waals surface area contributed by atoms with Gasteiger partial charge in [0.1, 0.15) is 0 Å². The summed E-state index contributed by atoms with van der Waals surface area (Å²) in [6.45, 7) is 2.36. The number of nitrogens with two attached hydrogens (primary N) is 1. The molecule has 7 nitrogen and oxygen atoms in total. The van der Waals surface area contributed by atoms with Crippen LogP contribution in [0, 0.1) is 11.8 Å². The van der Waals surface area contributed by atoms with E-state index in [-0.39, 0.29) is 30.3 Å². The molecule has 2 aliphatic heterocycles. The zero-order valence-electron chi connectivity index (χ0n) is 22.9. The zero-order valence-corrected chi connectivity index (χ0v) is 22.9. The number of aliphatic hydroxyl groups excluding tert-OH is 1. The first-order valence-electron chi connectivity index (χ1n) is 14.6. The van der Waals surface area contributed by atoms with Gasteiger partial charge >= 0.3 is 0 Å². The van der Waals surface area contributed by atoms with Gasteiger partial charge in [0, 0.05) is 12.6 Å². The first kappa shape index (κ1) is 27.5. The molecule has 1 saturated carbocycles. The van der Waals surface area contributed by atoms with Gasteiger partial charge in [0.05, 0.1) is 29.3 Å². The van der Waals surface area contributed by atoms with Crippen LogP contribution in [-0.2, 0) is 11.2 Å². The predicted octanol–water partition coefficient (Wildman–Crippen LogP) is 4.18. The number of carbonyl (C=O) groups is 3. The van der Waals surface area contributed by atoms with Gasteiger partial charge in [0.2, 0.25) is 5.91 Å². The Morgan fingerprint density at radius 2 is 1.64 bits per heavy atom. The van der Waals surface area contributed by atoms with E-state index in [9.17, 15) is 19.5 Å². The van der Waals surface area contributed by atoms with Crippen molar-refractivity contribution in [2.75, 3.05) is 6.54 Å². The molecule has 0 aromatic heterocycles. The fourth-order valence-electron chi connectivity index (χ4n) is 7.37. The monoisotopic (exact) mass is 531 g/mol. The second-order valence-electron chi connectivity index (χ2n) is 11.6. The van der Waals surface area contributed by atoms with Crippen LogP contribution in [-0.4, -0.2) is 63.4 Å². The molecule has 1 unspecified atom stereocenters. The fraction of sp³-hybridized carbons (Fsp3) is 0.531. The molecule has 3 N–H and O–H groups in total. The number of amides is 3. The lowest BCUT2D eigenvalue weighted by molar-refractivity contribution is -0.132. The Morgan fingerprint density at radius 3 is 2.28 bits per heavy atom. The average molecular weight is 532 g/mol.